The molecule has 2 aromatic rings. The smallest absolute Gasteiger partial charge is 0.252 e. The van der Waals surface area contributed by atoms with Crippen LogP contribution in [-0.2, 0) is 0 Å². The van der Waals surface area contributed by atoms with Crippen molar-refractivity contribution in [2.75, 3.05) is 13.1 Å². The molecule has 2 bridgehead atoms. The Hall–Kier alpha value is -2.01. The number of nitrogens with zero attached hydrogens (tertiary/aromatic N) is 1. The Kier molecular flexibility index (Phi) is 3.52. The zero-order chi connectivity index (χ0) is 17.0. The molecule has 3 aliphatic rings. The quantitative estimate of drug-likeness (QED) is 0.904. The summed E-state index contributed by atoms with van der Waals surface area (Å²) in [5, 5.41) is 7.30. The largest absolute Gasteiger partial charge is 0.349 e. The lowest BCUT2D eigenvalue weighted by Crippen LogP contribution is -2.41. The molecule has 1 aliphatic heterocycles. The summed E-state index contributed by atoms with van der Waals surface area (Å²) in [7, 11) is 0. The first kappa shape index (κ1) is 15.3. The molecule has 1 aromatic heterocycles. The van der Waals surface area contributed by atoms with E-state index in [0.29, 0.717) is 34.2 Å². The molecule has 5 rings (SSSR count). The SMILES string of the molecule is O=C(N[C@@H]1C[C@H]2CNC[C@@H]1C2)c1cc(C2CC2)nc2ccc(F)cc12. The van der Waals surface area contributed by atoms with Gasteiger partial charge in [-0.25, -0.2) is 4.39 Å². The highest BCUT2D eigenvalue weighted by Crippen LogP contribution is 2.40. The molecule has 2 aliphatic carbocycles. The summed E-state index contributed by atoms with van der Waals surface area (Å²) >= 11 is 0. The fraction of sp³-hybridized carbons (Fsp3) is 0.500. The average molecular weight is 339 g/mol. The summed E-state index contributed by atoms with van der Waals surface area (Å²) in [4.78, 5) is 17.7. The number of carbonyl (C=O) groups is 1. The third-order valence-corrected chi connectivity index (χ3v) is 5.98. The summed E-state index contributed by atoms with van der Waals surface area (Å²) in [6.45, 7) is 2.03. The van der Waals surface area contributed by atoms with Crippen molar-refractivity contribution in [1.82, 2.24) is 15.6 Å². The van der Waals surface area contributed by atoms with Crippen LogP contribution in [0.1, 0.15) is 47.7 Å². The minimum Gasteiger partial charge on any atom is -0.349 e. The van der Waals surface area contributed by atoms with Gasteiger partial charge in [0.15, 0.2) is 0 Å². The molecule has 0 spiro atoms. The minimum atomic E-state index is -0.330. The van der Waals surface area contributed by atoms with Gasteiger partial charge in [0.05, 0.1) is 11.1 Å². The lowest BCUT2D eigenvalue weighted by atomic mass is 9.99. The van der Waals surface area contributed by atoms with Gasteiger partial charge in [0.25, 0.3) is 5.91 Å². The molecule has 5 heteroatoms. The fourth-order valence-corrected chi connectivity index (χ4v) is 4.52. The average Bonchev–Trinajstić information content (AvgIpc) is 3.42. The van der Waals surface area contributed by atoms with E-state index in [1.54, 1.807) is 6.07 Å². The highest BCUT2D eigenvalue weighted by Gasteiger charge is 2.38. The number of pyridine rings is 1. The number of piperidine rings is 1. The second-order valence-electron chi connectivity index (χ2n) is 7.87. The normalized spacial score (nSPS) is 28.3. The van der Waals surface area contributed by atoms with Gasteiger partial charge < -0.3 is 10.6 Å². The molecule has 25 heavy (non-hydrogen) atoms. The molecule has 0 unspecified atom stereocenters. The van der Waals surface area contributed by atoms with Gasteiger partial charge in [0.2, 0.25) is 0 Å². The van der Waals surface area contributed by atoms with E-state index in [4.69, 9.17) is 0 Å². The van der Waals surface area contributed by atoms with Gasteiger partial charge in [0.1, 0.15) is 5.82 Å². The number of benzene rings is 1. The Balaban J connectivity index is 1.50. The first-order valence-corrected chi connectivity index (χ1v) is 9.29. The highest BCUT2D eigenvalue weighted by molar-refractivity contribution is 6.06. The minimum absolute atomic E-state index is 0.0857. The zero-order valence-electron chi connectivity index (χ0n) is 14.1. The van der Waals surface area contributed by atoms with Gasteiger partial charge in [-0.2, -0.15) is 0 Å². The van der Waals surface area contributed by atoms with Gasteiger partial charge in [-0.15, -0.1) is 0 Å². The topological polar surface area (TPSA) is 54.0 Å². The molecule has 1 aromatic carbocycles. The van der Waals surface area contributed by atoms with E-state index in [1.807, 2.05) is 6.07 Å². The molecule has 130 valence electrons. The van der Waals surface area contributed by atoms with Crippen LogP contribution >= 0.6 is 0 Å². The van der Waals surface area contributed by atoms with Crippen molar-refractivity contribution < 1.29 is 9.18 Å². The standard InChI is InChI=1S/C20H22FN3O/c21-14-3-4-17-15(7-14)16(8-19(23-17)12-1-2-12)20(25)24-18-6-11-5-13(18)10-22-9-11/h3-4,7-8,11-13,18,22H,1-2,5-6,9-10H2,(H,24,25)/t11-,13-,18+/m0/s1. The third kappa shape index (κ3) is 2.80. The summed E-state index contributed by atoms with van der Waals surface area (Å²) in [5.74, 6) is 1.21. The predicted octanol–water partition coefficient (Wildman–Crippen LogP) is 2.98. The lowest BCUT2D eigenvalue weighted by Gasteiger charge is -2.23. The fourth-order valence-electron chi connectivity index (χ4n) is 4.52. The summed E-state index contributed by atoms with van der Waals surface area (Å²) < 4.78 is 13.8. The van der Waals surface area contributed by atoms with Crippen LogP contribution < -0.4 is 10.6 Å². The molecule has 3 atom stereocenters. The molecule has 2 saturated carbocycles. The van der Waals surface area contributed by atoms with Crippen molar-refractivity contribution in [3.05, 3.63) is 41.3 Å². The zero-order valence-corrected chi connectivity index (χ0v) is 14.1. The van der Waals surface area contributed by atoms with E-state index < -0.39 is 0 Å². The van der Waals surface area contributed by atoms with Crippen LogP contribution in [0.4, 0.5) is 4.39 Å². The number of aromatic nitrogens is 1. The third-order valence-electron chi connectivity index (χ3n) is 5.98. The van der Waals surface area contributed by atoms with Crippen LogP contribution in [-0.4, -0.2) is 30.0 Å². The first-order chi connectivity index (χ1) is 12.2. The number of hydrogen-bond donors (Lipinski definition) is 2. The summed E-state index contributed by atoms with van der Waals surface area (Å²) in [5.41, 5.74) is 2.25. The second-order valence-corrected chi connectivity index (χ2v) is 7.87. The van der Waals surface area contributed by atoms with Crippen LogP contribution in [0.2, 0.25) is 0 Å². The number of nitrogens with one attached hydrogen (secondary N) is 2. The maximum atomic E-state index is 13.8. The molecule has 1 saturated heterocycles. The van der Waals surface area contributed by atoms with E-state index in [9.17, 15) is 9.18 Å². The number of halogens is 1. The monoisotopic (exact) mass is 339 g/mol. The Morgan fingerprint density at radius 2 is 2.08 bits per heavy atom. The van der Waals surface area contributed by atoms with Crippen molar-refractivity contribution in [3.8, 4) is 0 Å². The Bertz CT molecular complexity index is 848. The molecular weight excluding hydrogens is 317 g/mol. The van der Waals surface area contributed by atoms with Crippen LogP contribution in [0.3, 0.4) is 0 Å². The number of carbonyl (C=O) groups excluding carboxylic acids is 1. The van der Waals surface area contributed by atoms with E-state index in [-0.39, 0.29) is 17.8 Å². The van der Waals surface area contributed by atoms with Crippen LogP contribution in [0.5, 0.6) is 0 Å². The Morgan fingerprint density at radius 1 is 1.20 bits per heavy atom. The number of hydrogen-bond acceptors (Lipinski definition) is 3. The van der Waals surface area contributed by atoms with Crippen molar-refractivity contribution >= 4 is 16.8 Å². The van der Waals surface area contributed by atoms with E-state index in [2.05, 4.69) is 15.6 Å². The van der Waals surface area contributed by atoms with E-state index in [1.165, 1.54) is 18.6 Å². The Morgan fingerprint density at radius 3 is 2.88 bits per heavy atom. The maximum absolute atomic E-state index is 13.8. The van der Waals surface area contributed by atoms with Crippen LogP contribution in [0, 0.1) is 17.7 Å². The molecule has 2 heterocycles. The molecule has 4 nitrogen and oxygen atoms in total. The van der Waals surface area contributed by atoms with Crippen molar-refractivity contribution in [3.63, 3.8) is 0 Å². The van der Waals surface area contributed by atoms with Gasteiger partial charge in [-0.3, -0.25) is 9.78 Å². The van der Waals surface area contributed by atoms with Crippen LogP contribution in [0.25, 0.3) is 10.9 Å². The summed E-state index contributed by atoms with van der Waals surface area (Å²) in [6.07, 6.45) is 4.48. The molecular formula is C20H22FN3O. The lowest BCUT2D eigenvalue weighted by molar-refractivity contribution is 0.0930. The molecule has 2 N–H and O–H groups in total. The number of amides is 1. The molecule has 3 fully saturated rings. The van der Waals surface area contributed by atoms with E-state index >= 15 is 0 Å². The van der Waals surface area contributed by atoms with Crippen molar-refractivity contribution in [2.45, 2.75) is 37.6 Å². The number of fused-ring (bicyclic) bond motifs is 3. The first-order valence-electron chi connectivity index (χ1n) is 9.29. The van der Waals surface area contributed by atoms with Gasteiger partial charge >= 0.3 is 0 Å². The predicted molar refractivity (Wildman–Crippen MR) is 94.0 cm³/mol. The van der Waals surface area contributed by atoms with Gasteiger partial charge in [-0.1, -0.05) is 0 Å². The molecule has 1 amide bonds. The van der Waals surface area contributed by atoms with Gasteiger partial charge in [-0.05, 0) is 74.9 Å². The maximum Gasteiger partial charge on any atom is 0.252 e. The van der Waals surface area contributed by atoms with Crippen LogP contribution in [0.15, 0.2) is 24.3 Å². The second kappa shape index (κ2) is 5.77. The van der Waals surface area contributed by atoms with Gasteiger partial charge in [0, 0.05) is 23.0 Å². The number of rotatable bonds is 3. The Labute approximate surface area is 146 Å². The van der Waals surface area contributed by atoms with E-state index in [0.717, 1.165) is 38.0 Å². The van der Waals surface area contributed by atoms with Crippen molar-refractivity contribution in [1.29, 1.82) is 0 Å². The summed E-state index contributed by atoms with van der Waals surface area (Å²) in [6, 6.07) is 6.63. The highest BCUT2D eigenvalue weighted by atomic mass is 19.1. The molecule has 0 radical (unpaired) electrons. The van der Waals surface area contributed by atoms with Crippen molar-refractivity contribution in [2.24, 2.45) is 11.8 Å².